The second kappa shape index (κ2) is 20.1. The largest absolute Gasteiger partial charge is 0.395 e. The summed E-state index contributed by atoms with van der Waals surface area (Å²) in [5, 5.41) is 17.5. The van der Waals surface area contributed by atoms with Crippen LogP contribution in [0.5, 0.6) is 0 Å². The summed E-state index contributed by atoms with van der Waals surface area (Å²) in [4.78, 5) is 39.6. The molecule has 12 nitrogen and oxygen atoms in total. The number of carbonyl (C=O) groups is 3. The normalized spacial score (nSPS) is 11.0. The third-order valence-electron chi connectivity index (χ3n) is 4.51. The van der Waals surface area contributed by atoms with Crippen LogP contribution < -0.4 is 33.2 Å². The van der Waals surface area contributed by atoms with Crippen molar-refractivity contribution < 1.29 is 19.5 Å². The highest BCUT2D eigenvalue weighted by Gasteiger charge is 2.14. The van der Waals surface area contributed by atoms with Crippen molar-refractivity contribution in [2.24, 2.45) is 17.2 Å². The second-order valence-electron chi connectivity index (χ2n) is 7.07. The zero-order valence-corrected chi connectivity index (χ0v) is 18.6. The van der Waals surface area contributed by atoms with Crippen molar-refractivity contribution in [3.8, 4) is 0 Å². The number of rotatable bonds is 20. The molecule has 0 aromatic carbocycles. The van der Waals surface area contributed by atoms with Crippen LogP contribution in [0.25, 0.3) is 0 Å². The van der Waals surface area contributed by atoms with Gasteiger partial charge in [-0.1, -0.05) is 0 Å². The third kappa shape index (κ3) is 17.5. The van der Waals surface area contributed by atoms with Crippen LogP contribution in [0.1, 0.15) is 19.3 Å². The lowest BCUT2D eigenvalue weighted by atomic mass is 10.3. The van der Waals surface area contributed by atoms with Gasteiger partial charge in [-0.2, -0.15) is 0 Å². The second-order valence-corrected chi connectivity index (χ2v) is 7.07. The van der Waals surface area contributed by atoms with Crippen molar-refractivity contribution in [1.29, 1.82) is 0 Å². The van der Waals surface area contributed by atoms with Crippen LogP contribution in [0.3, 0.4) is 0 Å². The Bertz CT molecular complexity index is 472. The minimum absolute atomic E-state index is 0.0204. The predicted octanol–water partition coefficient (Wildman–Crippen LogP) is -4.02. The molecule has 0 aliphatic heterocycles. The average Bonchev–Trinajstić information content (AvgIpc) is 2.77. The molecule has 0 heterocycles. The Kier molecular flexibility index (Phi) is 18.9. The molecule has 182 valence electrons. The zero-order valence-electron chi connectivity index (χ0n) is 18.6. The van der Waals surface area contributed by atoms with Gasteiger partial charge in [0.25, 0.3) is 0 Å². The zero-order chi connectivity index (χ0) is 23.3. The SMILES string of the molecule is NCCNC(=O)CCN(CCO)CCN(CCC(=O)NCCN)CCC(=O)NCCN. The van der Waals surface area contributed by atoms with E-state index in [2.05, 4.69) is 16.0 Å². The Morgan fingerprint density at radius 2 is 0.903 bits per heavy atom. The van der Waals surface area contributed by atoms with Crippen molar-refractivity contribution in [2.45, 2.75) is 19.3 Å². The average molecular weight is 447 g/mol. The summed E-state index contributed by atoms with van der Waals surface area (Å²) in [6.45, 7) is 5.53. The third-order valence-corrected chi connectivity index (χ3v) is 4.51. The van der Waals surface area contributed by atoms with Crippen LogP contribution in [0.4, 0.5) is 0 Å². The number of nitrogens with two attached hydrogens (primary N) is 3. The molecule has 0 saturated heterocycles. The molecule has 0 aromatic heterocycles. The predicted molar refractivity (Wildman–Crippen MR) is 120 cm³/mol. The number of amides is 3. The fourth-order valence-corrected chi connectivity index (χ4v) is 2.77. The van der Waals surface area contributed by atoms with Crippen molar-refractivity contribution in [1.82, 2.24) is 25.8 Å². The fourth-order valence-electron chi connectivity index (χ4n) is 2.77. The number of nitrogens with one attached hydrogen (secondary N) is 3. The maximum absolute atomic E-state index is 11.9. The summed E-state index contributed by atoms with van der Waals surface area (Å²) in [7, 11) is 0. The molecule has 0 rings (SSSR count). The van der Waals surface area contributed by atoms with E-state index in [0.29, 0.717) is 97.8 Å². The van der Waals surface area contributed by atoms with Gasteiger partial charge in [0.2, 0.25) is 17.7 Å². The van der Waals surface area contributed by atoms with Crippen LogP contribution in [-0.2, 0) is 14.4 Å². The van der Waals surface area contributed by atoms with Gasteiger partial charge in [-0.15, -0.1) is 0 Å². The molecule has 0 bridgehead atoms. The van der Waals surface area contributed by atoms with Gasteiger partial charge in [0, 0.05) is 97.8 Å². The van der Waals surface area contributed by atoms with E-state index in [4.69, 9.17) is 17.2 Å². The summed E-state index contributed by atoms with van der Waals surface area (Å²) < 4.78 is 0. The molecule has 10 N–H and O–H groups in total. The lowest BCUT2D eigenvalue weighted by Crippen LogP contribution is -2.41. The number of hydrogen-bond acceptors (Lipinski definition) is 9. The number of carbonyl (C=O) groups excluding carboxylic acids is 3. The summed E-state index contributed by atoms with van der Waals surface area (Å²) in [6.07, 6.45) is 0.904. The molecule has 31 heavy (non-hydrogen) atoms. The smallest absolute Gasteiger partial charge is 0.221 e. The molecule has 0 atom stereocenters. The van der Waals surface area contributed by atoms with Crippen molar-refractivity contribution in [2.75, 3.05) is 85.1 Å². The minimum atomic E-state index is -0.0909. The Balaban J connectivity index is 4.65. The summed E-state index contributed by atoms with van der Waals surface area (Å²) in [6, 6.07) is 0. The lowest BCUT2D eigenvalue weighted by molar-refractivity contribution is -0.122. The van der Waals surface area contributed by atoms with E-state index in [1.807, 2.05) is 9.80 Å². The first-order valence-electron chi connectivity index (χ1n) is 10.9. The summed E-state index contributed by atoms with van der Waals surface area (Å²) in [5.41, 5.74) is 16.2. The van der Waals surface area contributed by atoms with Crippen molar-refractivity contribution in [3.63, 3.8) is 0 Å². The highest BCUT2D eigenvalue weighted by Crippen LogP contribution is 1.99. The van der Waals surface area contributed by atoms with Crippen LogP contribution in [0, 0.1) is 0 Å². The van der Waals surface area contributed by atoms with Crippen LogP contribution in [-0.4, -0.2) is 118 Å². The number of aliphatic hydroxyl groups is 1. The van der Waals surface area contributed by atoms with E-state index < -0.39 is 0 Å². The summed E-state index contributed by atoms with van der Waals surface area (Å²) in [5.74, 6) is -0.267. The van der Waals surface area contributed by atoms with E-state index in [0.717, 1.165) is 0 Å². The molecule has 0 radical (unpaired) electrons. The van der Waals surface area contributed by atoms with Gasteiger partial charge in [-0.25, -0.2) is 0 Å². The maximum Gasteiger partial charge on any atom is 0.221 e. The number of aliphatic hydroxyl groups excluding tert-OH is 1. The molecular formula is C19H42N8O4. The minimum Gasteiger partial charge on any atom is -0.395 e. The first-order chi connectivity index (χ1) is 15.0. The van der Waals surface area contributed by atoms with Gasteiger partial charge in [0.15, 0.2) is 0 Å². The maximum atomic E-state index is 11.9. The van der Waals surface area contributed by atoms with E-state index in [-0.39, 0.29) is 24.3 Å². The van der Waals surface area contributed by atoms with E-state index in [1.165, 1.54) is 0 Å². The molecule has 0 aliphatic rings. The standard InChI is InChI=1S/C19H42N8O4/c20-4-7-23-17(29)1-10-26(11-2-18(30)24-8-5-21)13-14-27(15-16-28)12-3-19(31)25-9-6-22/h28H,1-16,20-22H2,(H,23,29)(H,24,30)(H,25,31). The quantitative estimate of drug-likeness (QED) is 0.0975. The highest BCUT2D eigenvalue weighted by molar-refractivity contribution is 5.77. The molecule has 0 fully saturated rings. The lowest BCUT2D eigenvalue weighted by Gasteiger charge is -2.27. The van der Waals surface area contributed by atoms with Gasteiger partial charge >= 0.3 is 0 Å². The van der Waals surface area contributed by atoms with Crippen molar-refractivity contribution >= 4 is 17.7 Å². The first kappa shape index (κ1) is 29.2. The van der Waals surface area contributed by atoms with Gasteiger partial charge in [-0.3, -0.25) is 19.3 Å². The molecule has 0 spiro atoms. The van der Waals surface area contributed by atoms with E-state index >= 15 is 0 Å². The Morgan fingerprint density at radius 3 is 1.19 bits per heavy atom. The Labute approximate surface area is 185 Å². The topological polar surface area (TPSA) is 192 Å². The van der Waals surface area contributed by atoms with Gasteiger partial charge in [0.05, 0.1) is 6.61 Å². The molecule has 12 heteroatoms. The van der Waals surface area contributed by atoms with Crippen LogP contribution in [0.2, 0.25) is 0 Å². The van der Waals surface area contributed by atoms with Crippen LogP contribution in [0.15, 0.2) is 0 Å². The van der Waals surface area contributed by atoms with Crippen molar-refractivity contribution in [3.05, 3.63) is 0 Å². The highest BCUT2D eigenvalue weighted by atomic mass is 16.3. The number of hydrogen-bond donors (Lipinski definition) is 7. The van der Waals surface area contributed by atoms with E-state index in [1.54, 1.807) is 0 Å². The van der Waals surface area contributed by atoms with Crippen LogP contribution >= 0.6 is 0 Å². The Hall–Kier alpha value is -1.83. The van der Waals surface area contributed by atoms with Gasteiger partial charge in [-0.05, 0) is 0 Å². The monoisotopic (exact) mass is 446 g/mol. The molecule has 0 aromatic rings. The van der Waals surface area contributed by atoms with E-state index in [9.17, 15) is 19.5 Å². The summed E-state index contributed by atoms with van der Waals surface area (Å²) >= 11 is 0. The van der Waals surface area contributed by atoms with Gasteiger partial charge < -0.3 is 43.2 Å². The fraction of sp³-hybridized carbons (Fsp3) is 0.842. The molecule has 0 aliphatic carbocycles. The van der Waals surface area contributed by atoms with Gasteiger partial charge in [0.1, 0.15) is 0 Å². The first-order valence-corrected chi connectivity index (χ1v) is 10.9. The molecule has 0 unspecified atom stereocenters. The number of nitrogens with zero attached hydrogens (tertiary/aromatic N) is 2. The Morgan fingerprint density at radius 1 is 0.581 bits per heavy atom. The molecule has 0 saturated carbocycles. The molecule has 3 amide bonds. The molecular weight excluding hydrogens is 404 g/mol.